The van der Waals surface area contributed by atoms with E-state index in [1.807, 2.05) is 12.1 Å². The lowest BCUT2D eigenvalue weighted by atomic mass is 10.1. The van der Waals surface area contributed by atoms with Crippen molar-refractivity contribution in [3.8, 4) is 11.1 Å². The van der Waals surface area contributed by atoms with Gasteiger partial charge in [0.1, 0.15) is 0 Å². The molecule has 2 aromatic heterocycles. The molecule has 0 fully saturated rings. The lowest BCUT2D eigenvalue weighted by Crippen LogP contribution is -2.15. The molecule has 0 bridgehead atoms. The summed E-state index contributed by atoms with van der Waals surface area (Å²) >= 11 is 0. The Morgan fingerprint density at radius 1 is 1.04 bits per heavy atom. The summed E-state index contributed by atoms with van der Waals surface area (Å²) in [7, 11) is -3.41. The van der Waals surface area contributed by atoms with E-state index >= 15 is 0 Å². The second-order valence-corrected chi connectivity index (χ2v) is 8.51. The molecule has 0 spiro atoms. The second-order valence-electron chi connectivity index (χ2n) is 6.04. The summed E-state index contributed by atoms with van der Waals surface area (Å²) < 4.78 is 25.2. The van der Waals surface area contributed by atoms with E-state index < -0.39 is 15.1 Å². The molecule has 3 aromatic rings. The lowest BCUT2D eigenvalue weighted by Gasteiger charge is -2.12. The van der Waals surface area contributed by atoms with E-state index in [4.69, 9.17) is 0 Å². The summed E-state index contributed by atoms with van der Waals surface area (Å²) in [4.78, 5) is 12.6. The maximum absolute atomic E-state index is 12.6. The number of sulfone groups is 1. The van der Waals surface area contributed by atoms with Crippen LogP contribution < -0.4 is 5.43 Å². The quantitative estimate of drug-likeness (QED) is 0.520. The van der Waals surface area contributed by atoms with Crippen LogP contribution in [0.5, 0.6) is 0 Å². The third kappa shape index (κ3) is 4.35. The van der Waals surface area contributed by atoms with Gasteiger partial charge in [-0.2, -0.15) is 5.10 Å². The minimum Gasteiger partial charge on any atom is -0.265 e. The molecule has 1 aromatic carbocycles. The molecule has 0 aliphatic rings. The summed E-state index contributed by atoms with van der Waals surface area (Å²) in [6, 6.07) is 10.5. The summed E-state index contributed by atoms with van der Waals surface area (Å²) in [6.07, 6.45) is 8.13. The molecule has 0 saturated heterocycles. The van der Waals surface area contributed by atoms with Gasteiger partial charge in [-0.1, -0.05) is 18.2 Å². The molecule has 0 unspecified atom stereocenters. The van der Waals surface area contributed by atoms with Gasteiger partial charge in [-0.3, -0.25) is 4.98 Å². The van der Waals surface area contributed by atoms with Crippen LogP contribution in [0.1, 0.15) is 19.4 Å². The third-order valence-corrected chi connectivity index (χ3v) is 6.07. The average molecular weight is 381 g/mol. The number of pyridine rings is 1. The number of hydrazone groups is 1. The van der Waals surface area contributed by atoms with Crippen LogP contribution in [-0.4, -0.2) is 34.8 Å². The molecule has 1 N–H and O–H groups in total. The highest BCUT2D eigenvalue weighted by atomic mass is 32.2. The molecule has 0 aliphatic carbocycles. The number of hydrogen-bond donors (Lipinski definition) is 1. The van der Waals surface area contributed by atoms with Gasteiger partial charge >= 0.3 is 0 Å². The zero-order valence-electron chi connectivity index (χ0n) is 14.9. The first-order valence-electron chi connectivity index (χ1n) is 8.33. The predicted molar refractivity (Wildman–Crippen MR) is 105 cm³/mol. The monoisotopic (exact) mass is 381 g/mol. The van der Waals surface area contributed by atoms with E-state index in [9.17, 15) is 8.42 Å². The van der Waals surface area contributed by atoms with Crippen LogP contribution in [0.25, 0.3) is 11.1 Å². The average Bonchev–Trinajstić information content (AvgIpc) is 2.69. The van der Waals surface area contributed by atoms with Crippen LogP contribution in [0.4, 0.5) is 5.95 Å². The van der Waals surface area contributed by atoms with Gasteiger partial charge in [-0.15, -0.1) is 0 Å². The summed E-state index contributed by atoms with van der Waals surface area (Å²) in [5, 5.41) is 3.56. The van der Waals surface area contributed by atoms with Gasteiger partial charge in [0, 0.05) is 35.9 Å². The van der Waals surface area contributed by atoms with E-state index in [1.54, 1.807) is 69.1 Å². The molecule has 0 radical (unpaired) electrons. The van der Waals surface area contributed by atoms with Gasteiger partial charge in [-0.25, -0.2) is 23.8 Å². The number of nitrogens with one attached hydrogen (secondary N) is 1. The summed E-state index contributed by atoms with van der Waals surface area (Å²) in [6.45, 7) is 3.33. The van der Waals surface area contributed by atoms with Gasteiger partial charge in [0.25, 0.3) is 0 Å². The Bertz CT molecular complexity index is 1030. The van der Waals surface area contributed by atoms with Crippen molar-refractivity contribution < 1.29 is 8.42 Å². The highest BCUT2D eigenvalue weighted by Crippen LogP contribution is 2.29. The molecule has 27 heavy (non-hydrogen) atoms. The highest BCUT2D eigenvalue weighted by molar-refractivity contribution is 7.92. The van der Waals surface area contributed by atoms with Crippen LogP contribution in [0.3, 0.4) is 0 Å². The Morgan fingerprint density at radius 3 is 2.37 bits per heavy atom. The van der Waals surface area contributed by atoms with E-state index in [2.05, 4.69) is 25.5 Å². The number of hydrogen-bond acceptors (Lipinski definition) is 7. The Kier molecular flexibility index (Phi) is 5.56. The van der Waals surface area contributed by atoms with Crippen LogP contribution in [-0.2, 0) is 9.84 Å². The smallest absolute Gasteiger partial charge is 0.243 e. The number of aromatic nitrogens is 3. The Labute approximate surface area is 158 Å². The third-order valence-electron chi connectivity index (χ3n) is 3.86. The Hall–Kier alpha value is -3.13. The first-order chi connectivity index (χ1) is 13.0. The summed E-state index contributed by atoms with van der Waals surface area (Å²) in [5.74, 6) is 0.313. The van der Waals surface area contributed by atoms with Gasteiger partial charge in [0.15, 0.2) is 9.84 Å². The Morgan fingerprint density at radius 2 is 1.70 bits per heavy atom. The SMILES string of the molecule is CC(C)S(=O)(=O)c1ccccc1-c1cnc(N/N=C/c2ccncc2)nc1. The standard InChI is InChI=1S/C19H19N5O2S/c1-14(2)27(25,26)18-6-4-3-5-17(18)16-12-21-19(22-13-16)24-23-11-15-7-9-20-10-8-15/h3-14H,1-2H3,(H,21,22,24)/b23-11+. The first-order valence-corrected chi connectivity index (χ1v) is 9.87. The molecule has 8 heteroatoms. The molecule has 0 amide bonds. The van der Waals surface area contributed by atoms with Crippen molar-refractivity contribution in [3.63, 3.8) is 0 Å². The fraction of sp³-hybridized carbons (Fsp3) is 0.158. The van der Waals surface area contributed by atoms with E-state index in [-0.39, 0.29) is 4.90 Å². The van der Waals surface area contributed by atoms with Gasteiger partial charge in [0.05, 0.1) is 16.4 Å². The van der Waals surface area contributed by atoms with E-state index in [0.717, 1.165) is 5.56 Å². The molecule has 0 saturated carbocycles. The minimum absolute atomic E-state index is 0.278. The van der Waals surface area contributed by atoms with Crippen molar-refractivity contribution in [2.75, 3.05) is 5.43 Å². The maximum atomic E-state index is 12.6. The van der Waals surface area contributed by atoms with Crippen molar-refractivity contribution in [1.82, 2.24) is 15.0 Å². The van der Waals surface area contributed by atoms with Crippen molar-refractivity contribution in [2.45, 2.75) is 24.0 Å². The topological polar surface area (TPSA) is 97.2 Å². The van der Waals surface area contributed by atoms with E-state index in [1.165, 1.54) is 0 Å². The predicted octanol–water partition coefficient (Wildman–Crippen LogP) is 3.17. The zero-order valence-corrected chi connectivity index (χ0v) is 15.8. The molecule has 138 valence electrons. The minimum atomic E-state index is -3.41. The van der Waals surface area contributed by atoms with Gasteiger partial charge in [0.2, 0.25) is 5.95 Å². The molecular weight excluding hydrogens is 362 g/mol. The van der Waals surface area contributed by atoms with Crippen LogP contribution in [0, 0.1) is 0 Å². The fourth-order valence-corrected chi connectivity index (χ4v) is 3.61. The Balaban J connectivity index is 1.82. The molecule has 0 aliphatic heterocycles. The largest absolute Gasteiger partial charge is 0.265 e. The number of rotatable bonds is 6. The molecule has 3 rings (SSSR count). The van der Waals surface area contributed by atoms with Crippen molar-refractivity contribution >= 4 is 22.0 Å². The van der Waals surface area contributed by atoms with Crippen molar-refractivity contribution in [3.05, 3.63) is 66.7 Å². The normalized spacial score (nSPS) is 11.8. The lowest BCUT2D eigenvalue weighted by molar-refractivity contribution is 0.587. The van der Waals surface area contributed by atoms with Gasteiger partial charge < -0.3 is 0 Å². The summed E-state index contributed by atoms with van der Waals surface area (Å²) in [5.41, 5.74) is 4.84. The van der Waals surface area contributed by atoms with Crippen molar-refractivity contribution in [2.24, 2.45) is 5.10 Å². The zero-order chi connectivity index (χ0) is 19.3. The second kappa shape index (κ2) is 8.05. The van der Waals surface area contributed by atoms with E-state index in [0.29, 0.717) is 17.1 Å². The highest BCUT2D eigenvalue weighted by Gasteiger charge is 2.23. The molecule has 2 heterocycles. The fourth-order valence-electron chi connectivity index (χ4n) is 2.35. The van der Waals surface area contributed by atoms with Crippen LogP contribution in [0.2, 0.25) is 0 Å². The van der Waals surface area contributed by atoms with Gasteiger partial charge in [-0.05, 0) is 37.6 Å². The number of nitrogens with zero attached hydrogens (tertiary/aromatic N) is 4. The number of anilines is 1. The van der Waals surface area contributed by atoms with Crippen molar-refractivity contribution in [1.29, 1.82) is 0 Å². The molecular formula is C19H19N5O2S. The number of benzene rings is 1. The van der Waals surface area contributed by atoms with Crippen LogP contribution >= 0.6 is 0 Å². The molecule has 0 atom stereocenters. The maximum Gasteiger partial charge on any atom is 0.243 e. The first kappa shape index (κ1) is 18.7. The van der Waals surface area contributed by atoms with Crippen LogP contribution in [0.15, 0.2) is 71.2 Å². The molecule has 7 nitrogen and oxygen atoms in total.